The average molecular weight is 458 g/mol. The van der Waals surface area contributed by atoms with E-state index >= 15 is 0 Å². The number of anilines is 1. The Labute approximate surface area is 195 Å². The van der Waals surface area contributed by atoms with E-state index in [2.05, 4.69) is 11.4 Å². The number of nitrogens with zero attached hydrogens (tertiary/aromatic N) is 2. The first-order valence-electron chi connectivity index (χ1n) is 10.5. The number of nitriles is 2. The zero-order valence-electron chi connectivity index (χ0n) is 17.7. The lowest BCUT2D eigenvalue weighted by Gasteiger charge is -2.09. The summed E-state index contributed by atoms with van der Waals surface area (Å²) in [6, 6.07) is 17.2. The highest BCUT2D eigenvalue weighted by atomic mass is 32.1. The fourth-order valence-corrected chi connectivity index (χ4v) is 4.95. The molecule has 5 nitrogen and oxygen atoms in total. The van der Waals surface area contributed by atoms with Crippen LogP contribution in [0.2, 0.25) is 0 Å². The molecule has 4 rings (SSSR count). The topological polar surface area (TPSA) is 85.9 Å². The van der Waals surface area contributed by atoms with E-state index in [9.17, 15) is 19.7 Å². The van der Waals surface area contributed by atoms with Gasteiger partial charge in [0.15, 0.2) is 0 Å². The number of ether oxygens (including phenoxy) is 1. The molecule has 0 saturated heterocycles. The Balaban J connectivity index is 1.44. The molecule has 3 aromatic rings. The van der Waals surface area contributed by atoms with Crippen LogP contribution in [0.25, 0.3) is 6.08 Å². The monoisotopic (exact) mass is 457 g/mol. The van der Waals surface area contributed by atoms with Gasteiger partial charge in [-0.2, -0.15) is 10.5 Å². The molecule has 7 heteroatoms. The summed E-state index contributed by atoms with van der Waals surface area (Å²) in [6.07, 6.45) is 5.37. The zero-order valence-corrected chi connectivity index (χ0v) is 18.5. The second-order valence-electron chi connectivity index (χ2n) is 7.64. The normalized spacial score (nSPS) is 12.9. The summed E-state index contributed by atoms with van der Waals surface area (Å²) in [5.74, 6) is -0.273. The van der Waals surface area contributed by atoms with Gasteiger partial charge < -0.3 is 10.1 Å². The maximum absolute atomic E-state index is 13.3. The smallest absolute Gasteiger partial charge is 0.266 e. The first kappa shape index (κ1) is 22.3. The summed E-state index contributed by atoms with van der Waals surface area (Å²) in [6.45, 7) is 0.227. The second kappa shape index (κ2) is 10.1. The number of halogens is 1. The first-order chi connectivity index (χ1) is 16.1. The number of thiophene rings is 1. The highest BCUT2D eigenvalue weighted by Gasteiger charge is 2.22. The minimum Gasteiger partial charge on any atom is -0.489 e. The Morgan fingerprint density at radius 1 is 1.15 bits per heavy atom. The lowest BCUT2D eigenvalue weighted by Crippen LogP contribution is -2.13. The largest absolute Gasteiger partial charge is 0.489 e. The van der Waals surface area contributed by atoms with Crippen LogP contribution in [0.3, 0.4) is 0 Å². The first-order valence-corrected chi connectivity index (χ1v) is 11.3. The van der Waals surface area contributed by atoms with Crippen molar-refractivity contribution in [3.63, 3.8) is 0 Å². The van der Waals surface area contributed by atoms with Gasteiger partial charge in [0.05, 0.1) is 5.56 Å². The molecule has 0 fully saturated rings. The molecule has 0 aliphatic heterocycles. The van der Waals surface area contributed by atoms with E-state index in [1.807, 2.05) is 6.07 Å². The number of carbonyl (C=O) groups is 1. The van der Waals surface area contributed by atoms with Gasteiger partial charge >= 0.3 is 0 Å². The summed E-state index contributed by atoms with van der Waals surface area (Å²) in [7, 11) is 0. The predicted octanol–water partition coefficient (Wildman–Crippen LogP) is 5.76. The third-order valence-corrected chi connectivity index (χ3v) is 6.57. The summed E-state index contributed by atoms with van der Waals surface area (Å²) in [5, 5.41) is 22.3. The highest BCUT2D eigenvalue weighted by Crippen LogP contribution is 2.37. The van der Waals surface area contributed by atoms with Gasteiger partial charge in [-0.3, -0.25) is 4.79 Å². The van der Waals surface area contributed by atoms with Crippen molar-refractivity contribution in [1.29, 1.82) is 10.5 Å². The lowest BCUT2D eigenvalue weighted by atomic mass is 9.96. The number of amides is 1. The van der Waals surface area contributed by atoms with Gasteiger partial charge in [-0.25, -0.2) is 4.39 Å². The van der Waals surface area contributed by atoms with Gasteiger partial charge in [-0.05, 0) is 72.7 Å². The number of benzene rings is 2. The summed E-state index contributed by atoms with van der Waals surface area (Å²) < 4.78 is 18.9. The molecule has 0 unspecified atom stereocenters. The molecule has 0 radical (unpaired) electrons. The van der Waals surface area contributed by atoms with Crippen molar-refractivity contribution >= 4 is 28.3 Å². The minimum atomic E-state index is -0.543. The Morgan fingerprint density at radius 2 is 1.94 bits per heavy atom. The molecule has 0 atom stereocenters. The van der Waals surface area contributed by atoms with Crippen LogP contribution in [0.5, 0.6) is 5.75 Å². The van der Waals surface area contributed by atoms with Crippen molar-refractivity contribution in [3.8, 4) is 17.9 Å². The third-order valence-electron chi connectivity index (χ3n) is 5.36. The van der Waals surface area contributed by atoms with Gasteiger partial charge in [-0.1, -0.05) is 24.3 Å². The van der Waals surface area contributed by atoms with Crippen molar-refractivity contribution in [1.82, 2.24) is 0 Å². The molecule has 1 N–H and O–H groups in total. The quantitative estimate of drug-likeness (QED) is 0.376. The van der Waals surface area contributed by atoms with Crippen LogP contribution in [0.15, 0.2) is 54.1 Å². The second-order valence-corrected chi connectivity index (χ2v) is 8.74. The van der Waals surface area contributed by atoms with E-state index in [0.717, 1.165) is 41.7 Å². The van der Waals surface area contributed by atoms with Crippen LogP contribution in [-0.4, -0.2) is 5.91 Å². The van der Waals surface area contributed by atoms with Gasteiger partial charge in [0.25, 0.3) is 5.91 Å². The maximum atomic E-state index is 13.3. The molecular formula is C26H20FN3O2S. The molecule has 1 heterocycles. The fraction of sp³-hybridized carbons (Fsp3) is 0.192. The molecule has 1 amide bonds. The van der Waals surface area contributed by atoms with Crippen molar-refractivity contribution in [2.24, 2.45) is 0 Å². The number of fused-ring (bicyclic) bond motifs is 1. The molecule has 33 heavy (non-hydrogen) atoms. The van der Waals surface area contributed by atoms with E-state index < -0.39 is 5.91 Å². The van der Waals surface area contributed by atoms with Crippen LogP contribution in [0.4, 0.5) is 9.39 Å². The average Bonchev–Trinajstić information content (AvgIpc) is 3.18. The predicted molar refractivity (Wildman–Crippen MR) is 125 cm³/mol. The molecule has 0 spiro atoms. The molecule has 0 bridgehead atoms. The standard InChI is InChI=1S/C26H20FN3O2S/c27-20-5-3-4-18(13-20)16-32-21-10-8-17(9-11-21)12-19(14-28)25(31)30-26-23(15-29)22-6-1-2-7-24(22)33-26/h3-5,8-13H,1-2,6-7,16H2,(H,30,31)/b19-12+. The van der Waals surface area contributed by atoms with Crippen LogP contribution < -0.4 is 10.1 Å². The molecule has 0 saturated carbocycles. The number of hydrogen-bond donors (Lipinski definition) is 1. The highest BCUT2D eigenvalue weighted by molar-refractivity contribution is 7.16. The van der Waals surface area contributed by atoms with E-state index in [1.165, 1.54) is 29.5 Å². The number of aryl methyl sites for hydroxylation is 1. The summed E-state index contributed by atoms with van der Waals surface area (Å²) in [4.78, 5) is 13.9. The van der Waals surface area contributed by atoms with Crippen LogP contribution in [-0.2, 0) is 24.2 Å². The fourth-order valence-electron chi connectivity index (χ4n) is 3.71. The summed E-state index contributed by atoms with van der Waals surface area (Å²) in [5.41, 5.74) is 2.86. The SMILES string of the molecule is N#C/C(=C\c1ccc(OCc2cccc(F)c2)cc1)C(=O)Nc1sc2c(c1C#N)CCCC2. The van der Waals surface area contributed by atoms with Crippen molar-refractivity contribution in [2.45, 2.75) is 32.3 Å². The van der Waals surface area contributed by atoms with Gasteiger partial charge in [0.1, 0.15) is 40.9 Å². The minimum absolute atomic E-state index is 0.0568. The molecule has 2 aromatic carbocycles. The lowest BCUT2D eigenvalue weighted by molar-refractivity contribution is -0.112. The third kappa shape index (κ3) is 5.28. The van der Waals surface area contributed by atoms with E-state index in [-0.39, 0.29) is 18.0 Å². The molecule has 164 valence electrons. The Morgan fingerprint density at radius 3 is 2.67 bits per heavy atom. The van der Waals surface area contributed by atoms with E-state index in [0.29, 0.717) is 21.9 Å². The molecular weight excluding hydrogens is 437 g/mol. The molecule has 1 aliphatic rings. The van der Waals surface area contributed by atoms with Crippen molar-refractivity contribution in [2.75, 3.05) is 5.32 Å². The Hall–Kier alpha value is -3.94. The van der Waals surface area contributed by atoms with E-state index in [1.54, 1.807) is 36.4 Å². The molecule has 1 aliphatic carbocycles. The van der Waals surface area contributed by atoms with Crippen molar-refractivity contribution in [3.05, 3.63) is 87.1 Å². The Bertz CT molecular complexity index is 1300. The summed E-state index contributed by atoms with van der Waals surface area (Å²) >= 11 is 1.42. The number of carbonyl (C=O) groups excluding carboxylic acids is 1. The van der Waals surface area contributed by atoms with Gasteiger partial charge in [0.2, 0.25) is 0 Å². The number of rotatable bonds is 6. The van der Waals surface area contributed by atoms with Crippen LogP contribution in [0.1, 0.15) is 40.0 Å². The maximum Gasteiger partial charge on any atom is 0.266 e. The van der Waals surface area contributed by atoms with Crippen LogP contribution >= 0.6 is 11.3 Å². The van der Waals surface area contributed by atoms with Gasteiger partial charge in [-0.15, -0.1) is 11.3 Å². The van der Waals surface area contributed by atoms with Crippen LogP contribution in [0, 0.1) is 28.5 Å². The number of nitrogens with one attached hydrogen (secondary N) is 1. The molecule has 1 aromatic heterocycles. The van der Waals surface area contributed by atoms with Crippen molar-refractivity contribution < 1.29 is 13.9 Å². The van der Waals surface area contributed by atoms with Gasteiger partial charge in [0, 0.05) is 4.88 Å². The van der Waals surface area contributed by atoms with E-state index in [4.69, 9.17) is 4.74 Å². The Kier molecular flexibility index (Phi) is 6.83. The number of hydrogen-bond acceptors (Lipinski definition) is 5. The zero-order chi connectivity index (χ0) is 23.2.